The smallest absolute Gasteiger partial charge is 0.264 e. The second kappa shape index (κ2) is 7.70. The Hall–Kier alpha value is -2.34. The Kier molecular flexibility index (Phi) is 5.85. The summed E-state index contributed by atoms with van der Waals surface area (Å²) >= 11 is 0. The van der Waals surface area contributed by atoms with E-state index in [4.69, 9.17) is 0 Å². The molecule has 0 radical (unpaired) electrons. The molecule has 0 aliphatic heterocycles. The lowest BCUT2D eigenvalue weighted by molar-refractivity contribution is 0.0931. The summed E-state index contributed by atoms with van der Waals surface area (Å²) in [4.78, 5) is 12.8. The predicted molar refractivity (Wildman–Crippen MR) is 100 cm³/mol. The summed E-state index contributed by atoms with van der Waals surface area (Å²) < 4.78 is 26.8. The number of para-hydroxylation sites is 1. The van der Waals surface area contributed by atoms with Crippen LogP contribution in [0.5, 0.6) is 0 Å². The molecule has 0 aliphatic carbocycles. The fourth-order valence-corrected chi connectivity index (χ4v) is 3.51. The van der Waals surface area contributed by atoms with Gasteiger partial charge in [0.25, 0.3) is 15.9 Å². The number of benzene rings is 2. The second-order valence-corrected chi connectivity index (χ2v) is 8.28. The Morgan fingerprint density at radius 2 is 1.52 bits per heavy atom. The van der Waals surface area contributed by atoms with Crippen LogP contribution in [0.4, 0.5) is 5.69 Å². The van der Waals surface area contributed by atoms with Crippen LogP contribution in [0.25, 0.3) is 0 Å². The van der Waals surface area contributed by atoms with E-state index in [-0.39, 0.29) is 22.8 Å². The molecule has 0 saturated heterocycles. The van der Waals surface area contributed by atoms with Gasteiger partial charge in [-0.2, -0.15) is 0 Å². The normalized spacial score (nSPS) is 12.7. The molecular weight excluding hydrogens is 336 g/mol. The third-order valence-electron chi connectivity index (χ3n) is 4.25. The van der Waals surface area contributed by atoms with Crippen LogP contribution in [-0.4, -0.2) is 27.4 Å². The highest BCUT2D eigenvalue weighted by molar-refractivity contribution is 7.92. The van der Waals surface area contributed by atoms with Crippen LogP contribution < -0.4 is 9.62 Å². The summed E-state index contributed by atoms with van der Waals surface area (Å²) in [6.45, 7) is 5.96. The zero-order chi connectivity index (χ0) is 18.6. The molecule has 2 rings (SSSR count). The van der Waals surface area contributed by atoms with Gasteiger partial charge < -0.3 is 5.32 Å². The Morgan fingerprint density at radius 1 is 0.960 bits per heavy atom. The van der Waals surface area contributed by atoms with E-state index in [1.807, 2.05) is 20.8 Å². The molecule has 0 aromatic heterocycles. The number of nitrogens with zero attached hydrogens (tertiary/aromatic N) is 1. The predicted octanol–water partition coefficient (Wildman–Crippen LogP) is 3.29. The van der Waals surface area contributed by atoms with E-state index in [0.29, 0.717) is 11.3 Å². The molecule has 0 aliphatic rings. The van der Waals surface area contributed by atoms with Crippen molar-refractivity contribution in [3.8, 4) is 0 Å². The molecule has 0 fully saturated rings. The Balaban J connectivity index is 2.39. The fourth-order valence-electron chi connectivity index (χ4n) is 2.27. The number of sulfonamides is 1. The van der Waals surface area contributed by atoms with E-state index in [2.05, 4.69) is 5.32 Å². The third kappa shape index (κ3) is 4.20. The molecule has 0 unspecified atom stereocenters. The van der Waals surface area contributed by atoms with Crippen molar-refractivity contribution in [3.05, 3.63) is 60.2 Å². The first-order valence-corrected chi connectivity index (χ1v) is 9.63. The van der Waals surface area contributed by atoms with Crippen LogP contribution >= 0.6 is 0 Å². The molecule has 0 bridgehead atoms. The average Bonchev–Trinajstić information content (AvgIpc) is 2.61. The van der Waals surface area contributed by atoms with Crippen molar-refractivity contribution < 1.29 is 13.2 Å². The molecule has 1 atom stereocenters. The van der Waals surface area contributed by atoms with Gasteiger partial charge in [-0.3, -0.25) is 9.10 Å². The largest absolute Gasteiger partial charge is 0.349 e. The van der Waals surface area contributed by atoms with E-state index in [1.54, 1.807) is 42.5 Å². The number of hydrogen-bond acceptors (Lipinski definition) is 3. The number of rotatable bonds is 6. The number of nitrogens with one attached hydrogen (secondary N) is 1. The third-order valence-corrected chi connectivity index (χ3v) is 6.03. The minimum absolute atomic E-state index is 0.0170. The Morgan fingerprint density at radius 3 is 2.12 bits per heavy atom. The molecule has 2 aromatic rings. The average molecular weight is 360 g/mol. The number of anilines is 1. The van der Waals surface area contributed by atoms with Gasteiger partial charge in [-0.05, 0) is 37.1 Å². The molecule has 0 heterocycles. The minimum atomic E-state index is -3.74. The van der Waals surface area contributed by atoms with Crippen molar-refractivity contribution >= 4 is 21.6 Å². The molecule has 134 valence electrons. The molecule has 25 heavy (non-hydrogen) atoms. The fraction of sp³-hybridized carbons (Fsp3) is 0.316. The summed E-state index contributed by atoms with van der Waals surface area (Å²) in [6.07, 6.45) is 0. The highest BCUT2D eigenvalue weighted by Crippen LogP contribution is 2.25. The SMILES string of the molecule is CC(C)[C@@H](C)NC(=O)c1ccccc1N(C)S(=O)(=O)c1ccccc1. The number of carbonyl (C=O) groups excluding carboxylic acids is 1. The van der Waals surface area contributed by atoms with Crippen LogP contribution in [0.1, 0.15) is 31.1 Å². The van der Waals surface area contributed by atoms with Crippen LogP contribution in [0.15, 0.2) is 59.5 Å². The lowest BCUT2D eigenvalue weighted by Crippen LogP contribution is -2.37. The maximum Gasteiger partial charge on any atom is 0.264 e. The molecule has 0 saturated carbocycles. The van der Waals surface area contributed by atoms with E-state index < -0.39 is 10.0 Å². The van der Waals surface area contributed by atoms with Crippen molar-refractivity contribution in [1.29, 1.82) is 0 Å². The van der Waals surface area contributed by atoms with Gasteiger partial charge in [0.15, 0.2) is 0 Å². The highest BCUT2D eigenvalue weighted by atomic mass is 32.2. The first-order valence-electron chi connectivity index (χ1n) is 8.19. The van der Waals surface area contributed by atoms with E-state index in [1.165, 1.54) is 19.2 Å². The number of hydrogen-bond donors (Lipinski definition) is 1. The first-order chi connectivity index (χ1) is 11.7. The van der Waals surface area contributed by atoms with Crippen molar-refractivity contribution in [2.75, 3.05) is 11.4 Å². The van der Waals surface area contributed by atoms with E-state index in [0.717, 1.165) is 4.31 Å². The van der Waals surface area contributed by atoms with Crippen LogP contribution in [0, 0.1) is 5.92 Å². The summed E-state index contributed by atoms with van der Waals surface area (Å²) in [7, 11) is -2.28. The van der Waals surface area contributed by atoms with Crippen LogP contribution in [0.3, 0.4) is 0 Å². The number of carbonyl (C=O) groups is 1. The van der Waals surface area contributed by atoms with Gasteiger partial charge in [0.2, 0.25) is 0 Å². The lowest BCUT2D eigenvalue weighted by Gasteiger charge is -2.23. The van der Waals surface area contributed by atoms with Gasteiger partial charge >= 0.3 is 0 Å². The summed E-state index contributed by atoms with van der Waals surface area (Å²) in [5.41, 5.74) is 0.678. The lowest BCUT2D eigenvalue weighted by atomic mass is 10.1. The molecule has 0 spiro atoms. The molecule has 1 N–H and O–H groups in total. The Labute approximate surface area is 149 Å². The Bertz CT molecular complexity index is 833. The van der Waals surface area contributed by atoms with Gasteiger partial charge in [-0.25, -0.2) is 8.42 Å². The van der Waals surface area contributed by atoms with Gasteiger partial charge in [0.1, 0.15) is 0 Å². The van der Waals surface area contributed by atoms with Crippen molar-refractivity contribution in [2.24, 2.45) is 5.92 Å². The van der Waals surface area contributed by atoms with Crippen molar-refractivity contribution in [2.45, 2.75) is 31.7 Å². The van der Waals surface area contributed by atoms with Gasteiger partial charge in [0, 0.05) is 13.1 Å². The first kappa shape index (κ1) is 19.0. The molecule has 5 nitrogen and oxygen atoms in total. The van der Waals surface area contributed by atoms with Gasteiger partial charge in [-0.1, -0.05) is 44.2 Å². The van der Waals surface area contributed by atoms with Gasteiger partial charge in [0.05, 0.1) is 16.1 Å². The maximum atomic E-state index is 12.8. The van der Waals surface area contributed by atoms with Gasteiger partial charge in [-0.15, -0.1) is 0 Å². The standard InChI is InChI=1S/C19H24N2O3S/c1-14(2)15(3)20-19(22)17-12-8-9-13-18(17)21(4)25(23,24)16-10-6-5-7-11-16/h5-15H,1-4H3,(H,20,22)/t15-/m1/s1. The second-order valence-electron chi connectivity index (χ2n) is 6.31. The monoisotopic (exact) mass is 360 g/mol. The number of amides is 1. The van der Waals surface area contributed by atoms with E-state index >= 15 is 0 Å². The zero-order valence-electron chi connectivity index (χ0n) is 14.9. The van der Waals surface area contributed by atoms with Crippen LogP contribution in [-0.2, 0) is 10.0 Å². The quantitative estimate of drug-likeness (QED) is 0.860. The van der Waals surface area contributed by atoms with Crippen LogP contribution in [0.2, 0.25) is 0 Å². The minimum Gasteiger partial charge on any atom is -0.349 e. The molecular formula is C19H24N2O3S. The summed E-state index contributed by atoms with van der Waals surface area (Å²) in [5, 5.41) is 2.92. The molecule has 2 aromatic carbocycles. The van der Waals surface area contributed by atoms with Crippen molar-refractivity contribution in [3.63, 3.8) is 0 Å². The molecule has 1 amide bonds. The summed E-state index contributed by atoms with van der Waals surface area (Å²) in [6, 6.07) is 14.9. The topological polar surface area (TPSA) is 66.5 Å². The highest BCUT2D eigenvalue weighted by Gasteiger charge is 2.25. The van der Waals surface area contributed by atoms with Crippen molar-refractivity contribution in [1.82, 2.24) is 5.32 Å². The molecule has 6 heteroatoms. The summed E-state index contributed by atoms with van der Waals surface area (Å²) in [5.74, 6) is -0.00574. The van der Waals surface area contributed by atoms with E-state index in [9.17, 15) is 13.2 Å². The zero-order valence-corrected chi connectivity index (χ0v) is 15.7. The maximum absolute atomic E-state index is 12.8.